The lowest BCUT2D eigenvalue weighted by Crippen LogP contribution is -2.53. The Morgan fingerprint density at radius 1 is 0.833 bits per heavy atom. The van der Waals surface area contributed by atoms with Gasteiger partial charge in [-0.2, -0.15) is 0 Å². The van der Waals surface area contributed by atoms with E-state index in [0.29, 0.717) is 35.2 Å². The Hall–Kier alpha value is -0.300. The van der Waals surface area contributed by atoms with Gasteiger partial charge in [-0.15, -0.1) is 0 Å². The van der Waals surface area contributed by atoms with Gasteiger partial charge < -0.3 is 5.11 Å². The Bertz CT molecular complexity index is 607. The molecule has 30 heavy (non-hydrogen) atoms. The van der Waals surface area contributed by atoms with E-state index < -0.39 is 0 Å². The molecule has 0 spiro atoms. The molecule has 0 heterocycles. The van der Waals surface area contributed by atoms with Gasteiger partial charge in [-0.05, 0) is 116 Å². The van der Waals surface area contributed by atoms with Crippen LogP contribution in [0.25, 0.3) is 0 Å². The number of aliphatic hydroxyl groups is 1. The first kappa shape index (κ1) is 22.9. The molecule has 4 aliphatic rings. The zero-order chi connectivity index (χ0) is 21.5. The zero-order valence-electron chi connectivity index (χ0n) is 20.7. The highest BCUT2D eigenvalue weighted by atomic mass is 16.3. The van der Waals surface area contributed by atoms with Crippen molar-refractivity contribution in [1.82, 2.24) is 0 Å². The van der Waals surface area contributed by atoms with Crippen LogP contribution in [-0.4, -0.2) is 11.7 Å². The van der Waals surface area contributed by atoms with Crippen molar-refractivity contribution in [2.45, 2.75) is 105 Å². The Labute approximate surface area is 187 Å². The number of hydrogen-bond donors (Lipinski definition) is 1. The fourth-order valence-electron chi connectivity index (χ4n) is 9.45. The van der Waals surface area contributed by atoms with Crippen LogP contribution in [0, 0.1) is 58.2 Å². The summed E-state index contributed by atoms with van der Waals surface area (Å²) in [6, 6.07) is 0. The largest absolute Gasteiger partial charge is 0.396 e. The lowest BCUT2D eigenvalue weighted by molar-refractivity contribution is -0.112. The fraction of sp³-hybridized carbons (Fsp3) is 0.931. The third-order valence-corrected chi connectivity index (χ3v) is 11.3. The van der Waals surface area contributed by atoms with Crippen molar-refractivity contribution in [1.29, 1.82) is 0 Å². The van der Waals surface area contributed by atoms with Gasteiger partial charge in [0.15, 0.2) is 0 Å². The third-order valence-electron chi connectivity index (χ3n) is 11.3. The predicted octanol–water partition coefficient (Wildman–Crippen LogP) is 7.88. The summed E-state index contributed by atoms with van der Waals surface area (Å²) >= 11 is 0. The van der Waals surface area contributed by atoms with Crippen LogP contribution in [0.5, 0.6) is 0 Å². The Kier molecular flexibility index (Phi) is 6.80. The number of aliphatic hydroxyl groups excluding tert-OH is 1. The smallest absolute Gasteiger partial charge is 0.0436 e. The molecule has 9 atom stereocenters. The lowest BCUT2D eigenvalue weighted by atomic mass is 9.44. The summed E-state index contributed by atoms with van der Waals surface area (Å²) < 4.78 is 0. The highest BCUT2D eigenvalue weighted by Crippen LogP contribution is 2.68. The molecule has 0 aromatic rings. The van der Waals surface area contributed by atoms with Crippen LogP contribution in [0.1, 0.15) is 105 Å². The first-order valence-electron chi connectivity index (χ1n) is 13.6. The topological polar surface area (TPSA) is 20.2 Å². The quantitative estimate of drug-likeness (QED) is 0.438. The molecule has 1 N–H and O–H groups in total. The van der Waals surface area contributed by atoms with Crippen LogP contribution < -0.4 is 0 Å². The molecule has 4 aliphatic carbocycles. The second kappa shape index (κ2) is 8.92. The van der Waals surface area contributed by atoms with Gasteiger partial charge in [0.2, 0.25) is 0 Å². The van der Waals surface area contributed by atoms with Gasteiger partial charge in [-0.3, -0.25) is 0 Å². The molecule has 0 aliphatic heterocycles. The van der Waals surface area contributed by atoms with E-state index in [1.807, 2.05) is 0 Å². The van der Waals surface area contributed by atoms with Gasteiger partial charge in [0.25, 0.3) is 0 Å². The number of allylic oxidation sites excluding steroid dienone is 2. The molecule has 172 valence electrons. The van der Waals surface area contributed by atoms with Crippen molar-refractivity contribution in [2.75, 3.05) is 6.61 Å². The van der Waals surface area contributed by atoms with E-state index in [0.717, 1.165) is 36.0 Å². The Balaban J connectivity index is 1.48. The first-order valence-corrected chi connectivity index (χ1v) is 13.6. The average molecular weight is 415 g/mol. The number of fused-ring (bicyclic) bond motifs is 5. The van der Waals surface area contributed by atoms with Crippen LogP contribution in [0.2, 0.25) is 0 Å². The van der Waals surface area contributed by atoms with Crippen LogP contribution in [0.3, 0.4) is 0 Å². The van der Waals surface area contributed by atoms with Gasteiger partial charge >= 0.3 is 0 Å². The predicted molar refractivity (Wildman–Crippen MR) is 128 cm³/mol. The lowest BCUT2D eigenvalue weighted by Gasteiger charge is -2.60. The molecule has 4 saturated carbocycles. The van der Waals surface area contributed by atoms with E-state index in [1.165, 1.54) is 64.2 Å². The Morgan fingerprint density at radius 3 is 2.33 bits per heavy atom. The van der Waals surface area contributed by atoms with E-state index in [2.05, 4.69) is 46.8 Å². The molecule has 0 unspecified atom stereocenters. The minimum atomic E-state index is 0.313. The van der Waals surface area contributed by atoms with E-state index in [4.69, 9.17) is 0 Å². The second-order valence-corrected chi connectivity index (χ2v) is 12.8. The van der Waals surface area contributed by atoms with Crippen molar-refractivity contribution in [3.8, 4) is 0 Å². The second-order valence-electron chi connectivity index (χ2n) is 12.8. The summed E-state index contributed by atoms with van der Waals surface area (Å²) in [5.74, 6) is 6.74. The molecule has 0 aromatic carbocycles. The van der Waals surface area contributed by atoms with E-state index in [9.17, 15) is 5.11 Å². The molecule has 0 bridgehead atoms. The molecular weight excluding hydrogens is 364 g/mol. The summed E-state index contributed by atoms with van der Waals surface area (Å²) in [5.41, 5.74) is 1.23. The van der Waals surface area contributed by atoms with Crippen molar-refractivity contribution in [3.63, 3.8) is 0 Å². The van der Waals surface area contributed by atoms with Gasteiger partial charge in [0.05, 0.1) is 0 Å². The third kappa shape index (κ3) is 3.84. The molecule has 4 rings (SSSR count). The van der Waals surface area contributed by atoms with Gasteiger partial charge in [0.1, 0.15) is 0 Å². The summed E-state index contributed by atoms with van der Waals surface area (Å²) in [4.78, 5) is 0. The Morgan fingerprint density at radius 2 is 1.60 bits per heavy atom. The van der Waals surface area contributed by atoms with E-state index in [1.54, 1.807) is 0 Å². The van der Waals surface area contributed by atoms with Gasteiger partial charge in [-0.1, -0.05) is 59.6 Å². The highest BCUT2D eigenvalue weighted by molar-refractivity contribution is 5.11. The standard InChI is InChI=1S/C29H50O/c1-20(2)22(16-19-30)10-9-21(3)25-13-14-26-24-12-11-23-8-6-7-17-28(23,4)27(24)15-18-29(25,26)5/h9-10,20-27,30H,6-8,11-19H2,1-5H3/t21-,22+,23+,24+,25-,26+,27+,28+,29-/m1/s1. The minimum absolute atomic E-state index is 0.313. The van der Waals surface area contributed by atoms with Crippen molar-refractivity contribution < 1.29 is 5.11 Å². The summed E-state index contributed by atoms with van der Waals surface area (Å²) in [7, 11) is 0. The summed E-state index contributed by atoms with van der Waals surface area (Å²) in [6.45, 7) is 12.8. The van der Waals surface area contributed by atoms with Crippen LogP contribution in [-0.2, 0) is 0 Å². The molecule has 0 aromatic heterocycles. The van der Waals surface area contributed by atoms with Crippen molar-refractivity contribution >= 4 is 0 Å². The average Bonchev–Trinajstić information content (AvgIpc) is 3.07. The van der Waals surface area contributed by atoms with Crippen LogP contribution >= 0.6 is 0 Å². The molecule has 0 saturated heterocycles. The molecular formula is C29H50O. The maximum atomic E-state index is 9.44. The van der Waals surface area contributed by atoms with Crippen molar-refractivity contribution in [3.05, 3.63) is 12.2 Å². The SMILES string of the molecule is CC(C)[C@@H](C=C[C@@H](C)[C@H]1CC[C@H]2[C@@H]3CC[C@@H]4CCCC[C@]4(C)[C@H]3CC[C@]12C)CCO. The molecule has 4 fully saturated rings. The summed E-state index contributed by atoms with van der Waals surface area (Å²) in [5, 5.41) is 9.44. The molecule has 0 amide bonds. The highest BCUT2D eigenvalue weighted by Gasteiger charge is 2.59. The van der Waals surface area contributed by atoms with E-state index in [-0.39, 0.29) is 0 Å². The first-order chi connectivity index (χ1) is 14.3. The number of rotatable bonds is 6. The van der Waals surface area contributed by atoms with Crippen LogP contribution in [0.4, 0.5) is 0 Å². The van der Waals surface area contributed by atoms with Gasteiger partial charge in [-0.25, -0.2) is 0 Å². The van der Waals surface area contributed by atoms with Crippen LogP contribution in [0.15, 0.2) is 12.2 Å². The normalized spacial score (nSPS) is 45.8. The molecule has 0 radical (unpaired) electrons. The van der Waals surface area contributed by atoms with E-state index >= 15 is 0 Å². The minimum Gasteiger partial charge on any atom is -0.396 e. The monoisotopic (exact) mass is 414 g/mol. The summed E-state index contributed by atoms with van der Waals surface area (Å²) in [6.07, 6.45) is 20.9. The molecule has 1 heteroatoms. The zero-order valence-corrected chi connectivity index (χ0v) is 20.7. The fourth-order valence-corrected chi connectivity index (χ4v) is 9.45. The van der Waals surface area contributed by atoms with Gasteiger partial charge in [0, 0.05) is 6.61 Å². The van der Waals surface area contributed by atoms with Crippen molar-refractivity contribution in [2.24, 2.45) is 58.2 Å². The maximum absolute atomic E-state index is 9.44. The molecule has 1 nitrogen and oxygen atoms in total. The number of hydrogen-bond acceptors (Lipinski definition) is 1. The maximum Gasteiger partial charge on any atom is 0.0436 e.